The van der Waals surface area contributed by atoms with Gasteiger partial charge in [-0.1, -0.05) is 86.6 Å². The van der Waals surface area contributed by atoms with Crippen molar-refractivity contribution in [2.24, 2.45) is 5.92 Å². The van der Waals surface area contributed by atoms with Crippen LogP contribution in [0.1, 0.15) is 34.8 Å². The number of rotatable bonds is 11. The predicted octanol–water partition coefficient (Wildman–Crippen LogP) is 5.06. The molecule has 4 aromatic rings. The third-order valence-electron chi connectivity index (χ3n) is 7.31. The summed E-state index contributed by atoms with van der Waals surface area (Å²) in [6.07, 6.45) is -0.434. The average Bonchev–Trinajstić information content (AvgIpc) is 3.71. The van der Waals surface area contributed by atoms with Crippen LogP contribution in [0.3, 0.4) is 0 Å². The average molecular weight is 631 g/mol. The Morgan fingerprint density at radius 3 is 2.25 bits per heavy atom. The topological polar surface area (TPSA) is 118 Å². The van der Waals surface area contributed by atoms with Gasteiger partial charge in [0.2, 0.25) is 17.6 Å². The molecule has 1 aliphatic rings. The molecule has 0 spiro atoms. The highest BCUT2D eigenvalue weighted by atomic mass is 32.2. The molecule has 3 atom stereocenters. The number of carbonyl (C=O) groups excluding carboxylic acids is 4. The second kappa shape index (κ2) is 14.5. The molecule has 1 aromatic heterocycles. The van der Waals surface area contributed by atoms with Crippen molar-refractivity contribution in [3.05, 3.63) is 101 Å². The number of benzene rings is 3. The van der Waals surface area contributed by atoms with Gasteiger partial charge in [-0.25, -0.2) is 9.78 Å². The fourth-order valence-corrected chi connectivity index (χ4v) is 7.04. The number of nitrogens with zero attached hydrogens (tertiary/aromatic N) is 2. The zero-order valence-corrected chi connectivity index (χ0v) is 26.1. The number of ether oxygens (including phenoxy) is 1. The van der Waals surface area contributed by atoms with Crippen LogP contribution in [0.5, 0.6) is 0 Å². The van der Waals surface area contributed by atoms with Crippen LogP contribution in [0.4, 0.5) is 4.79 Å². The standard InChI is InChI=1S/C33H34N4O5S2/c1-21(2)28(36-33(41)42-18-23-13-7-4-8-14-23)32(40)37-20-43-19-26(37)30(39)34-25(17-22-11-5-3-6-12-22)29(38)31-35-24-15-9-10-16-27(24)44-31/h3-16,21,25-26,28H,17-20H2,1-2H3,(H,34,39)(H,36,41)/t25-,26-,28-/m0/s1. The number of para-hydroxylation sites is 1. The number of thioether (sulfide) groups is 1. The minimum absolute atomic E-state index is 0.0712. The summed E-state index contributed by atoms with van der Waals surface area (Å²) in [4.78, 5) is 59.9. The first-order chi connectivity index (χ1) is 21.3. The minimum atomic E-state index is -0.892. The molecule has 1 saturated heterocycles. The lowest BCUT2D eigenvalue weighted by molar-refractivity contribution is -0.140. The molecule has 2 N–H and O–H groups in total. The van der Waals surface area contributed by atoms with E-state index in [1.54, 1.807) is 0 Å². The van der Waals surface area contributed by atoms with Crippen LogP contribution < -0.4 is 10.6 Å². The fourth-order valence-electron chi connectivity index (χ4n) is 4.91. The summed E-state index contributed by atoms with van der Waals surface area (Å²) < 4.78 is 6.24. The van der Waals surface area contributed by atoms with E-state index >= 15 is 0 Å². The highest BCUT2D eigenvalue weighted by Crippen LogP contribution is 2.26. The van der Waals surface area contributed by atoms with Crippen molar-refractivity contribution in [3.8, 4) is 0 Å². The first-order valence-electron chi connectivity index (χ1n) is 14.4. The molecule has 1 aliphatic heterocycles. The molecule has 5 rings (SSSR count). The summed E-state index contributed by atoms with van der Waals surface area (Å²) in [5.74, 6) is -0.682. The molecule has 3 aromatic carbocycles. The van der Waals surface area contributed by atoms with Gasteiger partial charge in [0.25, 0.3) is 0 Å². The molecule has 9 nitrogen and oxygen atoms in total. The number of aromatic nitrogens is 1. The molecule has 3 amide bonds. The highest BCUT2D eigenvalue weighted by molar-refractivity contribution is 7.99. The number of nitrogens with one attached hydrogen (secondary N) is 2. The van der Waals surface area contributed by atoms with E-state index in [9.17, 15) is 19.2 Å². The van der Waals surface area contributed by atoms with Crippen molar-refractivity contribution in [3.63, 3.8) is 0 Å². The Bertz CT molecular complexity index is 1580. The van der Waals surface area contributed by atoms with E-state index in [0.717, 1.165) is 21.3 Å². The maximum atomic E-state index is 13.8. The van der Waals surface area contributed by atoms with Gasteiger partial charge in [0.05, 0.1) is 22.1 Å². The first kappa shape index (κ1) is 31.2. The van der Waals surface area contributed by atoms with Gasteiger partial charge in [0.15, 0.2) is 5.01 Å². The van der Waals surface area contributed by atoms with Crippen LogP contribution in [0.25, 0.3) is 10.2 Å². The molecule has 0 bridgehead atoms. The molecular formula is C33H34N4O5S2. The Morgan fingerprint density at radius 2 is 1.57 bits per heavy atom. The van der Waals surface area contributed by atoms with Crippen LogP contribution in [0.2, 0.25) is 0 Å². The minimum Gasteiger partial charge on any atom is -0.445 e. The molecule has 0 saturated carbocycles. The van der Waals surface area contributed by atoms with E-state index in [1.165, 1.54) is 28.0 Å². The molecule has 11 heteroatoms. The monoisotopic (exact) mass is 630 g/mol. The Kier molecular flexibility index (Phi) is 10.3. The lowest BCUT2D eigenvalue weighted by Crippen LogP contribution is -2.57. The van der Waals surface area contributed by atoms with Crippen molar-refractivity contribution in [1.82, 2.24) is 20.5 Å². The molecule has 228 valence electrons. The summed E-state index contributed by atoms with van der Waals surface area (Å²) >= 11 is 2.74. The van der Waals surface area contributed by atoms with Gasteiger partial charge in [-0.3, -0.25) is 14.4 Å². The quantitative estimate of drug-likeness (QED) is 0.223. The van der Waals surface area contributed by atoms with Crippen LogP contribution >= 0.6 is 23.1 Å². The second-order valence-corrected chi connectivity index (χ2v) is 12.9. The highest BCUT2D eigenvalue weighted by Gasteiger charge is 2.40. The molecule has 1 fully saturated rings. The van der Waals surface area contributed by atoms with Gasteiger partial charge >= 0.3 is 6.09 Å². The summed E-state index contributed by atoms with van der Waals surface area (Å²) in [7, 11) is 0. The van der Waals surface area contributed by atoms with E-state index in [1.807, 2.05) is 98.8 Å². The Balaban J connectivity index is 1.29. The van der Waals surface area contributed by atoms with Crippen molar-refractivity contribution in [2.45, 2.75) is 45.0 Å². The number of ketones is 1. The summed E-state index contributed by atoms with van der Waals surface area (Å²) in [5.41, 5.74) is 2.44. The number of amides is 3. The number of Topliss-reactive ketones (excluding diaryl/α,β-unsaturated/α-hetero) is 1. The van der Waals surface area contributed by atoms with Crippen LogP contribution in [-0.4, -0.2) is 63.3 Å². The number of thiazole rings is 1. The zero-order valence-electron chi connectivity index (χ0n) is 24.5. The van der Waals surface area contributed by atoms with Crippen molar-refractivity contribution >= 4 is 57.0 Å². The normalized spacial score (nSPS) is 16.0. The number of carbonyl (C=O) groups is 4. The van der Waals surface area contributed by atoms with E-state index < -0.39 is 30.1 Å². The Morgan fingerprint density at radius 1 is 0.909 bits per heavy atom. The van der Waals surface area contributed by atoms with E-state index in [0.29, 0.717) is 10.8 Å². The zero-order chi connectivity index (χ0) is 31.1. The van der Waals surface area contributed by atoms with E-state index in [-0.39, 0.29) is 36.5 Å². The lowest BCUT2D eigenvalue weighted by atomic mass is 10.0. The van der Waals surface area contributed by atoms with Crippen molar-refractivity contribution in [2.75, 3.05) is 11.6 Å². The number of alkyl carbamates (subject to hydrolysis) is 1. The molecule has 0 radical (unpaired) electrons. The number of hydrogen-bond acceptors (Lipinski definition) is 8. The lowest BCUT2D eigenvalue weighted by Gasteiger charge is -2.30. The maximum absolute atomic E-state index is 13.8. The molecule has 0 unspecified atom stereocenters. The van der Waals surface area contributed by atoms with Crippen molar-refractivity contribution in [1.29, 1.82) is 0 Å². The van der Waals surface area contributed by atoms with Gasteiger partial charge < -0.3 is 20.3 Å². The summed E-state index contributed by atoms with van der Waals surface area (Å²) in [5, 5.41) is 5.95. The molecular weight excluding hydrogens is 597 g/mol. The molecule has 2 heterocycles. The van der Waals surface area contributed by atoms with Crippen LogP contribution in [0.15, 0.2) is 84.9 Å². The third-order valence-corrected chi connectivity index (χ3v) is 9.37. The van der Waals surface area contributed by atoms with Gasteiger partial charge in [-0.15, -0.1) is 23.1 Å². The summed E-state index contributed by atoms with van der Waals surface area (Å²) in [6.45, 7) is 3.72. The largest absolute Gasteiger partial charge is 0.445 e. The van der Waals surface area contributed by atoms with E-state index in [2.05, 4.69) is 15.6 Å². The van der Waals surface area contributed by atoms with E-state index in [4.69, 9.17) is 4.74 Å². The first-order valence-corrected chi connectivity index (χ1v) is 16.4. The van der Waals surface area contributed by atoms with Gasteiger partial charge in [0, 0.05) is 12.2 Å². The van der Waals surface area contributed by atoms with Gasteiger partial charge in [0.1, 0.15) is 18.7 Å². The smallest absolute Gasteiger partial charge is 0.408 e. The maximum Gasteiger partial charge on any atom is 0.408 e. The van der Waals surface area contributed by atoms with Crippen LogP contribution in [0, 0.1) is 5.92 Å². The third kappa shape index (κ3) is 7.64. The second-order valence-electron chi connectivity index (χ2n) is 10.9. The van der Waals surface area contributed by atoms with Crippen LogP contribution in [-0.2, 0) is 27.4 Å². The SMILES string of the molecule is CC(C)[C@H](NC(=O)OCc1ccccc1)C(=O)N1CSC[C@H]1C(=O)N[C@@H](Cc1ccccc1)C(=O)c1nc2ccccc2s1. The van der Waals surface area contributed by atoms with Crippen molar-refractivity contribution < 1.29 is 23.9 Å². The van der Waals surface area contributed by atoms with Gasteiger partial charge in [-0.2, -0.15) is 0 Å². The number of hydrogen-bond donors (Lipinski definition) is 2. The molecule has 0 aliphatic carbocycles. The van der Waals surface area contributed by atoms with Gasteiger partial charge in [-0.05, 0) is 29.2 Å². The fraction of sp³-hybridized carbons (Fsp3) is 0.303. The Hall–Kier alpha value is -4.22. The number of fused-ring (bicyclic) bond motifs is 1. The summed E-state index contributed by atoms with van der Waals surface area (Å²) in [6, 6.07) is 23.7. The predicted molar refractivity (Wildman–Crippen MR) is 172 cm³/mol. The molecule has 44 heavy (non-hydrogen) atoms. The Labute approximate surface area is 264 Å².